The van der Waals surface area contributed by atoms with Crippen molar-refractivity contribution in [3.63, 3.8) is 0 Å². The number of nitrogens with zero attached hydrogens (tertiary/aromatic N) is 1. The molecule has 0 spiro atoms. The molecule has 0 aliphatic heterocycles. The third-order valence-corrected chi connectivity index (χ3v) is 3.17. The Labute approximate surface area is 108 Å². The van der Waals surface area contributed by atoms with E-state index in [0.29, 0.717) is 5.88 Å². The van der Waals surface area contributed by atoms with Crippen molar-refractivity contribution < 1.29 is 0 Å². The number of hydrogen-bond acceptors (Lipinski definition) is 1. The van der Waals surface area contributed by atoms with Crippen LogP contribution in [0.5, 0.6) is 0 Å². The molecular weight excluding hydrogens is 230 g/mol. The smallest absolute Gasteiger partial charge is 0.0494 e. The van der Waals surface area contributed by atoms with E-state index in [1.165, 1.54) is 11.3 Å². The first-order chi connectivity index (χ1) is 8.22. The molecule has 88 valence electrons. The minimum Gasteiger partial charge on any atom is -0.344 e. The molecule has 0 N–H and O–H groups in total. The van der Waals surface area contributed by atoms with Crippen LogP contribution in [0.25, 0.3) is 0 Å². The van der Waals surface area contributed by atoms with E-state index in [2.05, 4.69) is 55.3 Å². The zero-order valence-electron chi connectivity index (χ0n) is 10.2. The highest BCUT2D eigenvalue weighted by atomic mass is 35.5. The average Bonchev–Trinajstić information content (AvgIpc) is 2.38. The summed E-state index contributed by atoms with van der Waals surface area (Å²) in [4.78, 5) is 2.17. The molecule has 0 aliphatic carbocycles. The van der Waals surface area contributed by atoms with Crippen molar-refractivity contribution in [2.45, 2.75) is 12.8 Å². The lowest BCUT2D eigenvalue weighted by molar-refractivity contribution is 1.17. The number of rotatable bonds is 3. The van der Waals surface area contributed by atoms with Crippen molar-refractivity contribution in [3.8, 4) is 0 Å². The highest BCUT2D eigenvalue weighted by Gasteiger charge is 2.07. The standard InChI is InChI=1S/C15H16ClN/c1-12-6-5-8-14(10-12)17(2)15-9-4-3-7-13(15)11-16/h3-10H,11H2,1-2H3. The van der Waals surface area contributed by atoms with Gasteiger partial charge < -0.3 is 4.90 Å². The van der Waals surface area contributed by atoms with Gasteiger partial charge in [0.1, 0.15) is 0 Å². The van der Waals surface area contributed by atoms with E-state index in [1.807, 2.05) is 12.1 Å². The summed E-state index contributed by atoms with van der Waals surface area (Å²) in [5, 5.41) is 0. The maximum atomic E-state index is 5.97. The van der Waals surface area contributed by atoms with Gasteiger partial charge >= 0.3 is 0 Å². The summed E-state index contributed by atoms with van der Waals surface area (Å²) in [5.41, 5.74) is 4.76. The zero-order chi connectivity index (χ0) is 12.3. The number of benzene rings is 2. The molecule has 2 rings (SSSR count). The van der Waals surface area contributed by atoms with Crippen LogP contribution in [0.15, 0.2) is 48.5 Å². The third kappa shape index (κ3) is 2.62. The Morgan fingerprint density at radius 3 is 2.53 bits per heavy atom. The first-order valence-corrected chi connectivity index (χ1v) is 6.20. The summed E-state index contributed by atoms with van der Waals surface area (Å²) in [6.45, 7) is 2.10. The van der Waals surface area contributed by atoms with E-state index < -0.39 is 0 Å². The van der Waals surface area contributed by atoms with Gasteiger partial charge in [-0.2, -0.15) is 0 Å². The fourth-order valence-electron chi connectivity index (χ4n) is 1.93. The minimum absolute atomic E-state index is 0.534. The van der Waals surface area contributed by atoms with Crippen molar-refractivity contribution in [2.75, 3.05) is 11.9 Å². The summed E-state index contributed by atoms with van der Waals surface area (Å²) in [5.74, 6) is 0.534. The Hall–Kier alpha value is -1.47. The second-order valence-corrected chi connectivity index (χ2v) is 4.43. The molecule has 0 unspecified atom stereocenters. The van der Waals surface area contributed by atoms with Gasteiger partial charge in [0.25, 0.3) is 0 Å². The summed E-state index contributed by atoms with van der Waals surface area (Å²) in [7, 11) is 2.07. The highest BCUT2D eigenvalue weighted by molar-refractivity contribution is 6.17. The molecule has 0 radical (unpaired) electrons. The van der Waals surface area contributed by atoms with E-state index in [1.54, 1.807) is 0 Å². The second kappa shape index (κ2) is 5.24. The van der Waals surface area contributed by atoms with Crippen LogP contribution in [0.2, 0.25) is 0 Å². The monoisotopic (exact) mass is 245 g/mol. The molecule has 0 saturated heterocycles. The predicted octanol–water partition coefficient (Wildman–Crippen LogP) is 4.50. The van der Waals surface area contributed by atoms with Gasteiger partial charge in [0.05, 0.1) is 0 Å². The van der Waals surface area contributed by atoms with E-state index >= 15 is 0 Å². The molecule has 0 bridgehead atoms. The lowest BCUT2D eigenvalue weighted by atomic mass is 10.1. The van der Waals surface area contributed by atoms with Crippen LogP contribution in [-0.2, 0) is 5.88 Å². The van der Waals surface area contributed by atoms with Crippen molar-refractivity contribution >= 4 is 23.0 Å². The van der Waals surface area contributed by atoms with Gasteiger partial charge in [-0.15, -0.1) is 11.6 Å². The topological polar surface area (TPSA) is 3.24 Å². The first-order valence-electron chi connectivity index (χ1n) is 5.66. The number of para-hydroxylation sites is 1. The van der Waals surface area contributed by atoms with Crippen molar-refractivity contribution in [1.82, 2.24) is 0 Å². The molecule has 2 aromatic carbocycles. The van der Waals surface area contributed by atoms with Gasteiger partial charge in [-0.05, 0) is 36.2 Å². The molecule has 0 heterocycles. The molecule has 2 heteroatoms. The maximum Gasteiger partial charge on any atom is 0.0494 e. The number of alkyl halides is 1. The van der Waals surface area contributed by atoms with Crippen LogP contribution in [0.4, 0.5) is 11.4 Å². The molecule has 0 amide bonds. The van der Waals surface area contributed by atoms with Crippen molar-refractivity contribution in [2.24, 2.45) is 0 Å². The van der Waals surface area contributed by atoms with Crippen LogP contribution in [0.1, 0.15) is 11.1 Å². The van der Waals surface area contributed by atoms with Gasteiger partial charge in [-0.1, -0.05) is 30.3 Å². The lowest BCUT2D eigenvalue weighted by Crippen LogP contribution is -2.11. The van der Waals surface area contributed by atoms with Crippen molar-refractivity contribution in [1.29, 1.82) is 0 Å². The lowest BCUT2D eigenvalue weighted by Gasteiger charge is -2.22. The molecule has 0 aliphatic rings. The van der Waals surface area contributed by atoms with E-state index in [4.69, 9.17) is 11.6 Å². The minimum atomic E-state index is 0.534. The number of aryl methyl sites for hydroxylation is 1. The van der Waals surface area contributed by atoms with Gasteiger partial charge in [0.15, 0.2) is 0 Å². The van der Waals surface area contributed by atoms with Crippen LogP contribution in [0.3, 0.4) is 0 Å². The van der Waals surface area contributed by atoms with Crippen LogP contribution < -0.4 is 4.90 Å². The molecule has 2 aromatic rings. The maximum absolute atomic E-state index is 5.97. The van der Waals surface area contributed by atoms with Gasteiger partial charge in [0, 0.05) is 24.3 Å². The fourth-order valence-corrected chi connectivity index (χ4v) is 2.15. The Bertz CT molecular complexity index is 508. The van der Waals surface area contributed by atoms with Gasteiger partial charge in [-0.25, -0.2) is 0 Å². The largest absolute Gasteiger partial charge is 0.344 e. The third-order valence-electron chi connectivity index (χ3n) is 2.89. The summed E-state index contributed by atoms with van der Waals surface area (Å²) >= 11 is 5.97. The van der Waals surface area contributed by atoms with E-state index in [-0.39, 0.29) is 0 Å². The average molecular weight is 246 g/mol. The summed E-state index contributed by atoms with van der Waals surface area (Å²) in [6, 6.07) is 16.7. The Morgan fingerprint density at radius 1 is 1.06 bits per heavy atom. The second-order valence-electron chi connectivity index (χ2n) is 4.16. The number of halogens is 1. The number of anilines is 2. The molecule has 0 aromatic heterocycles. The summed E-state index contributed by atoms with van der Waals surface area (Å²) < 4.78 is 0. The fraction of sp³-hybridized carbons (Fsp3) is 0.200. The highest BCUT2D eigenvalue weighted by Crippen LogP contribution is 2.28. The molecule has 0 atom stereocenters. The predicted molar refractivity (Wildman–Crippen MR) is 75.2 cm³/mol. The van der Waals surface area contributed by atoms with E-state index in [0.717, 1.165) is 11.3 Å². The Kier molecular flexibility index (Phi) is 3.70. The van der Waals surface area contributed by atoms with Crippen LogP contribution in [0, 0.1) is 6.92 Å². The molecule has 17 heavy (non-hydrogen) atoms. The van der Waals surface area contributed by atoms with Gasteiger partial charge in [-0.3, -0.25) is 0 Å². The number of hydrogen-bond donors (Lipinski definition) is 0. The van der Waals surface area contributed by atoms with Crippen LogP contribution in [-0.4, -0.2) is 7.05 Å². The first kappa shape index (κ1) is 12.0. The molecule has 0 fully saturated rings. The molecular formula is C15H16ClN. The zero-order valence-corrected chi connectivity index (χ0v) is 10.9. The normalized spacial score (nSPS) is 10.3. The quantitative estimate of drug-likeness (QED) is 0.720. The van der Waals surface area contributed by atoms with Crippen molar-refractivity contribution in [3.05, 3.63) is 59.7 Å². The SMILES string of the molecule is Cc1cccc(N(C)c2ccccc2CCl)c1. The summed E-state index contributed by atoms with van der Waals surface area (Å²) in [6.07, 6.45) is 0. The van der Waals surface area contributed by atoms with Crippen LogP contribution >= 0.6 is 11.6 Å². The molecule has 0 saturated carbocycles. The Balaban J connectivity index is 2.40. The van der Waals surface area contributed by atoms with Gasteiger partial charge in [0.2, 0.25) is 0 Å². The Morgan fingerprint density at radius 2 is 1.82 bits per heavy atom. The van der Waals surface area contributed by atoms with E-state index in [9.17, 15) is 0 Å². The molecule has 1 nitrogen and oxygen atoms in total.